The number of benzene rings is 2. The van der Waals surface area contributed by atoms with Gasteiger partial charge in [0.15, 0.2) is 0 Å². The maximum atomic E-state index is 11.8. The number of aryl methyl sites for hydroxylation is 2. The number of nitrogens with zero attached hydrogens (tertiary/aromatic N) is 6. The molecule has 11 heteroatoms. The summed E-state index contributed by atoms with van der Waals surface area (Å²) in [6, 6.07) is 13.8. The van der Waals surface area contributed by atoms with Crippen LogP contribution in [0.25, 0.3) is 11.1 Å². The second kappa shape index (κ2) is 16.9. The van der Waals surface area contributed by atoms with Crippen LogP contribution < -0.4 is 0 Å². The van der Waals surface area contributed by atoms with Crippen molar-refractivity contribution in [2.24, 2.45) is 0 Å². The Morgan fingerprint density at radius 3 is 1.51 bits per heavy atom. The highest BCUT2D eigenvalue weighted by Gasteiger charge is 2.36. The highest BCUT2D eigenvalue weighted by molar-refractivity contribution is 6.42. The van der Waals surface area contributed by atoms with E-state index in [2.05, 4.69) is 28.3 Å². The minimum atomic E-state index is -1.07. The van der Waals surface area contributed by atoms with Crippen LogP contribution in [0.3, 0.4) is 0 Å². The predicted molar refractivity (Wildman–Crippen MR) is 146 cm³/mol. The lowest BCUT2D eigenvalue weighted by Gasteiger charge is -2.10. The first-order chi connectivity index (χ1) is 18.0. The molecule has 1 saturated heterocycles. The molecule has 39 heavy (non-hydrogen) atoms. The molecule has 1 heterocycles. The Kier molecular flexibility index (Phi) is 14.9. The summed E-state index contributed by atoms with van der Waals surface area (Å²) in [5.74, 6) is -2.57. The molecule has 2 aromatic rings. The smallest absolute Gasteiger partial charge is 0.361 e. The summed E-state index contributed by atoms with van der Waals surface area (Å²) in [6.07, 6.45) is 1.25. The Bertz CT molecular complexity index is 1240. The van der Waals surface area contributed by atoms with E-state index in [4.69, 9.17) is 11.1 Å². The lowest BCUT2D eigenvalue weighted by Crippen LogP contribution is -2.35. The molecule has 0 aliphatic carbocycles. The van der Waals surface area contributed by atoms with Gasteiger partial charge in [-0.25, -0.2) is 4.79 Å². The second-order valence-electron chi connectivity index (χ2n) is 8.50. The molecule has 11 nitrogen and oxygen atoms in total. The van der Waals surface area contributed by atoms with Crippen molar-refractivity contribution in [2.45, 2.75) is 54.4 Å². The fraction of sp³-hybridized carbons (Fsp3) is 0.357. The Hall–Kier alpha value is -4.72. The number of rotatable bonds is 5. The molecule has 0 unspecified atom stereocenters. The zero-order valence-corrected chi connectivity index (χ0v) is 22.5. The van der Waals surface area contributed by atoms with Gasteiger partial charge in [0.1, 0.15) is 0 Å². The van der Waals surface area contributed by atoms with Gasteiger partial charge in [-0.2, -0.15) is 9.58 Å². The zero-order valence-electron chi connectivity index (χ0n) is 22.5. The van der Waals surface area contributed by atoms with Crippen LogP contribution in [0.4, 0.5) is 0 Å². The quantitative estimate of drug-likeness (QED) is 0.246. The van der Waals surface area contributed by atoms with Crippen molar-refractivity contribution in [3.63, 3.8) is 0 Å². The third-order valence-electron chi connectivity index (χ3n) is 4.83. The summed E-state index contributed by atoms with van der Waals surface area (Å²) in [5.41, 5.74) is 20.4. The standard InChI is InChI=1S/C13H11N3O4.C11H13N3O.C3H8.CH4/c1-8-2-4-9(5-3-8)12(15-14)13(19)20-16-10(17)6-7-11(16)18;1-8-4-6-9(7-5-8)10(13-12)11(15)14(2)3;1-3-2;/h2-5H,6-7H2,1H3;4-7H,1-3H3;3H2,1-2H3;1H4. The third kappa shape index (κ3) is 10.3. The van der Waals surface area contributed by atoms with Gasteiger partial charge in [-0.3, -0.25) is 14.4 Å². The van der Waals surface area contributed by atoms with Gasteiger partial charge in [0.25, 0.3) is 11.8 Å². The summed E-state index contributed by atoms with van der Waals surface area (Å²) in [7, 11) is 3.23. The van der Waals surface area contributed by atoms with Gasteiger partial charge in [0.2, 0.25) is 0 Å². The van der Waals surface area contributed by atoms with Gasteiger partial charge in [-0.1, -0.05) is 63.1 Å². The van der Waals surface area contributed by atoms with E-state index in [1.54, 1.807) is 50.5 Å². The number of hydrogen-bond donors (Lipinski definition) is 0. The molecule has 3 rings (SSSR count). The molecule has 0 spiro atoms. The van der Waals surface area contributed by atoms with Crippen molar-refractivity contribution < 1.29 is 33.6 Å². The number of carbonyl (C=O) groups excluding carboxylic acids is 4. The molecule has 1 fully saturated rings. The zero-order chi connectivity index (χ0) is 28.8. The van der Waals surface area contributed by atoms with E-state index in [0.717, 1.165) is 11.1 Å². The van der Waals surface area contributed by atoms with Gasteiger partial charge in [0.05, 0.1) is 11.1 Å². The van der Waals surface area contributed by atoms with Crippen LogP contribution in [0.15, 0.2) is 48.5 Å². The van der Waals surface area contributed by atoms with E-state index in [1.165, 1.54) is 11.3 Å². The van der Waals surface area contributed by atoms with Crippen LogP contribution in [-0.2, 0) is 24.0 Å². The molecule has 208 valence electrons. The van der Waals surface area contributed by atoms with Crippen LogP contribution in [-0.4, -0.2) is 68.8 Å². The van der Waals surface area contributed by atoms with Crippen LogP contribution in [0.1, 0.15) is 62.8 Å². The maximum absolute atomic E-state index is 11.8. The lowest BCUT2D eigenvalue weighted by atomic mass is 10.1. The number of hydroxylamine groups is 2. The van der Waals surface area contributed by atoms with Gasteiger partial charge in [-0.15, -0.1) is 5.06 Å². The summed E-state index contributed by atoms with van der Waals surface area (Å²) in [4.78, 5) is 58.1. The Morgan fingerprint density at radius 2 is 1.18 bits per heavy atom. The highest BCUT2D eigenvalue weighted by atomic mass is 16.7. The molecule has 0 saturated carbocycles. The average molecular weight is 537 g/mol. The first-order valence-electron chi connectivity index (χ1n) is 11.9. The summed E-state index contributed by atoms with van der Waals surface area (Å²) in [6.45, 7) is 8.06. The molecule has 0 atom stereocenters. The number of carbonyl (C=O) groups is 4. The van der Waals surface area contributed by atoms with E-state index >= 15 is 0 Å². The van der Waals surface area contributed by atoms with Crippen molar-refractivity contribution in [1.82, 2.24) is 9.96 Å². The second-order valence-corrected chi connectivity index (χ2v) is 8.50. The van der Waals surface area contributed by atoms with Crippen LogP contribution >= 0.6 is 0 Å². The maximum Gasteiger partial charge on any atom is 0.446 e. The van der Waals surface area contributed by atoms with E-state index in [1.807, 2.05) is 26.0 Å². The Labute approximate surface area is 229 Å². The number of imide groups is 1. The van der Waals surface area contributed by atoms with Gasteiger partial charge < -0.3 is 20.8 Å². The molecule has 2 aromatic carbocycles. The molecular formula is C28H36N6O5. The fourth-order valence-corrected chi connectivity index (χ4v) is 2.86. The first-order valence-corrected chi connectivity index (χ1v) is 11.9. The molecule has 3 amide bonds. The van der Waals surface area contributed by atoms with Crippen LogP contribution in [0, 0.1) is 13.8 Å². The minimum absolute atomic E-state index is 0. The first kappa shape index (κ1) is 34.3. The fourth-order valence-electron chi connectivity index (χ4n) is 2.86. The normalized spacial score (nSPS) is 11.3. The Morgan fingerprint density at radius 1 is 0.821 bits per heavy atom. The van der Waals surface area contributed by atoms with Crippen LogP contribution in [0.5, 0.6) is 0 Å². The molecule has 1 aliphatic heterocycles. The molecule has 1 aliphatic rings. The van der Waals surface area contributed by atoms with Gasteiger partial charge in [0, 0.05) is 26.9 Å². The molecule has 0 radical (unpaired) electrons. The van der Waals surface area contributed by atoms with Crippen molar-refractivity contribution >= 4 is 35.1 Å². The molecule has 0 bridgehead atoms. The van der Waals surface area contributed by atoms with Crippen molar-refractivity contribution in [3.8, 4) is 0 Å². The highest BCUT2D eigenvalue weighted by Crippen LogP contribution is 2.13. The molecule has 0 N–H and O–H groups in total. The lowest BCUT2D eigenvalue weighted by molar-refractivity contribution is -0.194. The minimum Gasteiger partial charge on any atom is -0.361 e. The summed E-state index contributed by atoms with van der Waals surface area (Å²) < 4.78 is 0. The number of hydrogen-bond acceptors (Lipinski definition) is 5. The van der Waals surface area contributed by atoms with Gasteiger partial charge >= 0.3 is 23.3 Å². The molecular weight excluding hydrogens is 500 g/mol. The van der Waals surface area contributed by atoms with E-state index in [9.17, 15) is 19.2 Å². The topological polar surface area (TPSA) is 157 Å². The van der Waals surface area contributed by atoms with Crippen molar-refractivity contribution in [1.29, 1.82) is 0 Å². The monoisotopic (exact) mass is 536 g/mol. The van der Waals surface area contributed by atoms with E-state index in [-0.39, 0.29) is 37.6 Å². The third-order valence-corrected chi connectivity index (χ3v) is 4.83. The SMILES string of the molecule is C.CCC.Cc1ccc(C(=[N+]=[N-])C(=O)N(C)C)cc1.Cc1ccc(C(=[N+]=[N-])C(=O)ON2C(=O)CCC2=O)cc1. The van der Waals surface area contributed by atoms with E-state index in [0.29, 0.717) is 16.2 Å². The number of likely N-dealkylation sites (N-methyl/N-ethyl adjacent to an activating group) is 1. The molecule has 0 aromatic heterocycles. The van der Waals surface area contributed by atoms with Crippen LogP contribution in [0.2, 0.25) is 0 Å². The van der Waals surface area contributed by atoms with E-state index < -0.39 is 17.8 Å². The number of amides is 3. The van der Waals surface area contributed by atoms with Crippen molar-refractivity contribution in [3.05, 3.63) is 81.8 Å². The predicted octanol–water partition coefficient (Wildman–Crippen LogP) is 3.78. The van der Waals surface area contributed by atoms with Crippen molar-refractivity contribution in [2.75, 3.05) is 14.1 Å². The largest absolute Gasteiger partial charge is 0.446 e. The Balaban J connectivity index is 0.000000679. The average Bonchev–Trinajstić information content (AvgIpc) is 3.20. The van der Waals surface area contributed by atoms with Gasteiger partial charge in [-0.05, 0) is 38.1 Å². The summed E-state index contributed by atoms with van der Waals surface area (Å²) >= 11 is 0. The summed E-state index contributed by atoms with van der Waals surface area (Å²) in [5, 5.41) is 0.404.